The Labute approximate surface area is 131 Å². The lowest BCUT2D eigenvalue weighted by atomic mass is 10.2. The molecule has 0 bridgehead atoms. The van der Waals surface area contributed by atoms with Crippen molar-refractivity contribution in [2.75, 3.05) is 0 Å². The van der Waals surface area contributed by atoms with Crippen molar-refractivity contribution in [2.24, 2.45) is 4.99 Å². The van der Waals surface area contributed by atoms with E-state index in [0.29, 0.717) is 16.7 Å². The number of aryl methyl sites for hydroxylation is 1. The molecule has 4 rings (SSSR count). The molecule has 22 heavy (non-hydrogen) atoms. The van der Waals surface area contributed by atoms with Gasteiger partial charge in [0.15, 0.2) is 0 Å². The molecule has 0 aliphatic heterocycles. The first kappa shape index (κ1) is 13.5. The Balaban J connectivity index is 1.84. The van der Waals surface area contributed by atoms with Crippen LogP contribution < -0.4 is 5.56 Å². The molecule has 0 atom stereocenters. The van der Waals surface area contributed by atoms with Crippen molar-refractivity contribution in [3.05, 3.63) is 45.9 Å². The summed E-state index contributed by atoms with van der Waals surface area (Å²) in [5.74, 6) is 0. The van der Waals surface area contributed by atoms with Gasteiger partial charge in [0.1, 0.15) is 0 Å². The molecule has 0 radical (unpaired) electrons. The number of nitrogens with zero attached hydrogens (tertiary/aromatic N) is 3. The third kappa shape index (κ3) is 2.20. The second kappa shape index (κ2) is 4.91. The number of nitrogens with one attached hydrogen (secondary N) is 1. The van der Waals surface area contributed by atoms with Crippen molar-refractivity contribution in [2.45, 2.75) is 32.7 Å². The number of hydrogen-bond acceptors (Lipinski definition) is 4. The van der Waals surface area contributed by atoms with Gasteiger partial charge in [-0.15, -0.1) is 0 Å². The standard InChI is InChI=1S/C16H16N4OS/c1-9(17-11-7-8-11)14-10(2)19-20(15(14)21)16-18-12-5-3-4-6-13(12)22-16/h3-6,11,19H,7-8H2,1-2H3. The van der Waals surface area contributed by atoms with Gasteiger partial charge in [-0.1, -0.05) is 23.5 Å². The fourth-order valence-electron chi connectivity index (χ4n) is 2.61. The summed E-state index contributed by atoms with van der Waals surface area (Å²) in [5, 5.41) is 3.80. The number of benzene rings is 1. The molecule has 0 spiro atoms. The predicted molar refractivity (Wildman–Crippen MR) is 89.5 cm³/mol. The molecule has 0 unspecified atom stereocenters. The molecule has 1 aromatic carbocycles. The molecule has 1 N–H and O–H groups in total. The summed E-state index contributed by atoms with van der Waals surface area (Å²) in [7, 11) is 0. The number of hydrogen-bond donors (Lipinski definition) is 1. The maximum Gasteiger partial charge on any atom is 0.282 e. The topological polar surface area (TPSA) is 63.0 Å². The summed E-state index contributed by atoms with van der Waals surface area (Å²) in [6, 6.07) is 8.30. The molecule has 5 nitrogen and oxygen atoms in total. The summed E-state index contributed by atoms with van der Waals surface area (Å²) in [5.41, 5.74) is 3.17. The van der Waals surface area contributed by atoms with Crippen LogP contribution in [0.2, 0.25) is 0 Å². The van der Waals surface area contributed by atoms with Gasteiger partial charge in [0.05, 0.1) is 21.8 Å². The van der Waals surface area contributed by atoms with Crippen molar-refractivity contribution >= 4 is 27.3 Å². The van der Waals surface area contributed by atoms with Crippen LogP contribution >= 0.6 is 11.3 Å². The molecule has 1 saturated carbocycles. The van der Waals surface area contributed by atoms with Gasteiger partial charge in [0.2, 0.25) is 5.13 Å². The summed E-state index contributed by atoms with van der Waals surface area (Å²) in [6.07, 6.45) is 2.26. The molecule has 112 valence electrons. The van der Waals surface area contributed by atoms with Crippen molar-refractivity contribution in [3.63, 3.8) is 0 Å². The highest BCUT2D eigenvalue weighted by molar-refractivity contribution is 7.20. The van der Waals surface area contributed by atoms with Crippen LogP contribution in [0.5, 0.6) is 0 Å². The van der Waals surface area contributed by atoms with Crippen LogP contribution in [0.4, 0.5) is 0 Å². The van der Waals surface area contributed by atoms with E-state index in [-0.39, 0.29) is 5.56 Å². The Bertz CT molecular complexity index is 910. The predicted octanol–water partition coefficient (Wildman–Crippen LogP) is 3.06. The number of aromatic amines is 1. The quantitative estimate of drug-likeness (QED) is 0.756. The van der Waals surface area contributed by atoms with E-state index in [1.807, 2.05) is 38.1 Å². The third-order valence-electron chi connectivity index (χ3n) is 3.83. The third-order valence-corrected chi connectivity index (χ3v) is 4.85. The van der Waals surface area contributed by atoms with Gasteiger partial charge in [-0.05, 0) is 38.8 Å². The number of fused-ring (bicyclic) bond motifs is 1. The molecular weight excluding hydrogens is 296 g/mol. The molecule has 1 aliphatic rings. The molecule has 1 fully saturated rings. The highest BCUT2D eigenvalue weighted by Gasteiger charge is 2.23. The van der Waals surface area contributed by atoms with Crippen molar-refractivity contribution < 1.29 is 0 Å². The Morgan fingerprint density at radius 1 is 1.41 bits per heavy atom. The van der Waals surface area contributed by atoms with Gasteiger partial charge in [0.25, 0.3) is 5.56 Å². The molecule has 6 heteroatoms. The fraction of sp³-hybridized carbons (Fsp3) is 0.312. The van der Waals surface area contributed by atoms with Crippen LogP contribution in [0.1, 0.15) is 31.0 Å². The first-order valence-electron chi connectivity index (χ1n) is 7.36. The minimum absolute atomic E-state index is 0.0709. The first-order chi connectivity index (χ1) is 10.6. The van der Waals surface area contributed by atoms with E-state index < -0.39 is 0 Å². The largest absolute Gasteiger partial charge is 0.293 e. The SMILES string of the molecule is CC(=NC1CC1)c1c(C)[nH]n(-c2nc3ccccc3s2)c1=O. The van der Waals surface area contributed by atoms with Gasteiger partial charge in [-0.3, -0.25) is 14.9 Å². The number of aliphatic imine (C=N–C) groups is 1. The Morgan fingerprint density at radius 2 is 2.18 bits per heavy atom. The van der Waals surface area contributed by atoms with Crippen LogP contribution in [0.25, 0.3) is 15.3 Å². The maximum absolute atomic E-state index is 12.7. The van der Waals surface area contributed by atoms with Crippen LogP contribution in [-0.2, 0) is 0 Å². The molecule has 2 aromatic heterocycles. The number of H-pyrrole nitrogens is 1. The van der Waals surface area contributed by atoms with Crippen molar-refractivity contribution in [3.8, 4) is 5.13 Å². The maximum atomic E-state index is 12.7. The zero-order valence-corrected chi connectivity index (χ0v) is 13.3. The average molecular weight is 312 g/mol. The lowest BCUT2D eigenvalue weighted by Gasteiger charge is -1.96. The summed E-state index contributed by atoms with van der Waals surface area (Å²) in [4.78, 5) is 21.9. The smallest absolute Gasteiger partial charge is 0.282 e. The lowest BCUT2D eigenvalue weighted by Crippen LogP contribution is -2.19. The molecule has 0 amide bonds. The summed E-state index contributed by atoms with van der Waals surface area (Å²) < 4.78 is 2.60. The van der Waals surface area contributed by atoms with E-state index in [0.717, 1.165) is 34.5 Å². The Hall–Kier alpha value is -2.21. The van der Waals surface area contributed by atoms with E-state index in [1.165, 1.54) is 16.0 Å². The van der Waals surface area contributed by atoms with E-state index >= 15 is 0 Å². The molecule has 3 aromatic rings. The second-order valence-corrected chi connectivity index (χ2v) is 6.67. The van der Waals surface area contributed by atoms with E-state index in [1.54, 1.807) is 0 Å². The van der Waals surface area contributed by atoms with Crippen LogP contribution in [-0.4, -0.2) is 26.5 Å². The number of rotatable bonds is 3. The highest BCUT2D eigenvalue weighted by atomic mass is 32.1. The number of aromatic nitrogens is 3. The van der Waals surface area contributed by atoms with Gasteiger partial charge >= 0.3 is 0 Å². The monoisotopic (exact) mass is 312 g/mol. The van der Waals surface area contributed by atoms with E-state index in [2.05, 4.69) is 15.1 Å². The average Bonchev–Trinajstić information content (AvgIpc) is 3.11. The molecular formula is C16H16N4OS. The zero-order chi connectivity index (χ0) is 15.3. The highest BCUT2D eigenvalue weighted by Crippen LogP contribution is 2.25. The molecule has 2 heterocycles. The van der Waals surface area contributed by atoms with E-state index in [4.69, 9.17) is 0 Å². The number of para-hydroxylation sites is 1. The zero-order valence-electron chi connectivity index (χ0n) is 12.5. The summed E-state index contributed by atoms with van der Waals surface area (Å²) in [6.45, 7) is 3.82. The van der Waals surface area contributed by atoms with Crippen molar-refractivity contribution in [1.29, 1.82) is 0 Å². The Kier molecular flexibility index (Phi) is 3.00. The minimum atomic E-state index is -0.0709. The minimum Gasteiger partial charge on any atom is -0.293 e. The van der Waals surface area contributed by atoms with Gasteiger partial charge in [-0.2, -0.15) is 4.68 Å². The van der Waals surface area contributed by atoms with Gasteiger partial charge in [-0.25, -0.2) is 4.98 Å². The van der Waals surface area contributed by atoms with E-state index in [9.17, 15) is 4.79 Å². The summed E-state index contributed by atoms with van der Waals surface area (Å²) >= 11 is 1.51. The number of thiazole rings is 1. The fourth-order valence-corrected chi connectivity index (χ4v) is 3.53. The normalized spacial score (nSPS) is 15.6. The van der Waals surface area contributed by atoms with Crippen LogP contribution in [0.3, 0.4) is 0 Å². The molecule has 0 saturated heterocycles. The van der Waals surface area contributed by atoms with Crippen molar-refractivity contribution in [1.82, 2.24) is 14.8 Å². The van der Waals surface area contributed by atoms with Gasteiger partial charge < -0.3 is 0 Å². The van der Waals surface area contributed by atoms with Gasteiger partial charge in [0, 0.05) is 11.4 Å². The lowest BCUT2D eigenvalue weighted by molar-refractivity contribution is 0.829. The van der Waals surface area contributed by atoms with Crippen LogP contribution in [0, 0.1) is 6.92 Å². The first-order valence-corrected chi connectivity index (χ1v) is 8.17. The second-order valence-electron chi connectivity index (χ2n) is 5.66. The Morgan fingerprint density at radius 3 is 2.91 bits per heavy atom. The molecule has 1 aliphatic carbocycles. The van der Waals surface area contributed by atoms with Crippen LogP contribution in [0.15, 0.2) is 34.1 Å².